The van der Waals surface area contributed by atoms with Gasteiger partial charge in [0, 0.05) is 6.42 Å². The van der Waals surface area contributed by atoms with Gasteiger partial charge in [-0.05, 0) is 18.6 Å². The number of carbonyl (C=O) groups excluding carboxylic acids is 1. The first kappa shape index (κ1) is 14.9. The molecule has 0 saturated heterocycles. The van der Waals surface area contributed by atoms with E-state index < -0.39 is 5.97 Å². The molecule has 0 amide bonds. The van der Waals surface area contributed by atoms with Crippen LogP contribution < -0.4 is 0 Å². The number of fused-ring (bicyclic) bond motifs is 3. The van der Waals surface area contributed by atoms with Crippen LogP contribution in [0.4, 0.5) is 0 Å². The third kappa shape index (κ3) is 2.28. The third-order valence-corrected chi connectivity index (χ3v) is 4.12. The molecular formula is C16H13ClN4O3. The minimum absolute atomic E-state index is 0.0524. The van der Waals surface area contributed by atoms with Crippen LogP contribution in [0.5, 0.6) is 0 Å². The summed E-state index contributed by atoms with van der Waals surface area (Å²) in [6.45, 7) is 2.09. The molecule has 0 radical (unpaired) electrons. The predicted octanol–water partition coefficient (Wildman–Crippen LogP) is 3.20. The SMILES string of the molecule is CCCc1nc(-c2ncn3c2COC(=O)c2c(Cl)cccc2-3)no1. The smallest absolute Gasteiger partial charge is 0.342 e. The first-order chi connectivity index (χ1) is 11.7. The first-order valence-corrected chi connectivity index (χ1v) is 7.92. The van der Waals surface area contributed by atoms with Gasteiger partial charge < -0.3 is 9.26 Å². The lowest BCUT2D eigenvalue weighted by atomic mass is 10.1. The molecule has 1 aromatic carbocycles. The van der Waals surface area contributed by atoms with Crippen molar-refractivity contribution in [3.8, 4) is 17.2 Å². The van der Waals surface area contributed by atoms with Crippen molar-refractivity contribution < 1.29 is 14.1 Å². The Balaban J connectivity index is 1.85. The standard InChI is InChI=1S/C16H13ClN4O3/c1-2-4-12-19-15(20-24-12)14-11-7-23-16(22)13-9(17)5-3-6-10(13)21(11)8-18-14/h3,5-6,8H,2,4,7H2,1H3. The number of aryl methyl sites for hydroxylation is 1. The normalized spacial score (nSPS) is 13.2. The Hall–Kier alpha value is -2.67. The average molecular weight is 345 g/mol. The van der Waals surface area contributed by atoms with Gasteiger partial charge in [-0.1, -0.05) is 29.7 Å². The number of esters is 1. The maximum atomic E-state index is 12.2. The minimum Gasteiger partial charge on any atom is -0.455 e. The van der Waals surface area contributed by atoms with E-state index in [1.54, 1.807) is 29.1 Å². The summed E-state index contributed by atoms with van der Waals surface area (Å²) in [5.41, 5.74) is 2.15. The lowest BCUT2D eigenvalue weighted by Gasteiger charge is -2.07. The summed E-state index contributed by atoms with van der Waals surface area (Å²) in [6.07, 6.45) is 3.22. The van der Waals surface area contributed by atoms with Crippen LogP contribution in [0, 0.1) is 0 Å². The van der Waals surface area contributed by atoms with E-state index in [1.807, 2.05) is 6.92 Å². The molecule has 8 heteroatoms. The number of hydrogen-bond acceptors (Lipinski definition) is 6. The Morgan fingerprint density at radius 2 is 2.25 bits per heavy atom. The number of rotatable bonds is 3. The van der Waals surface area contributed by atoms with Crippen LogP contribution in [0.3, 0.4) is 0 Å². The molecule has 0 atom stereocenters. The average Bonchev–Trinajstić information content (AvgIpc) is 3.16. The van der Waals surface area contributed by atoms with Crippen molar-refractivity contribution >= 4 is 17.6 Å². The van der Waals surface area contributed by atoms with Crippen molar-refractivity contribution in [2.45, 2.75) is 26.4 Å². The van der Waals surface area contributed by atoms with Crippen LogP contribution in [-0.2, 0) is 17.8 Å². The van der Waals surface area contributed by atoms with E-state index in [4.69, 9.17) is 20.9 Å². The number of nitrogens with zero attached hydrogens (tertiary/aromatic N) is 4. The van der Waals surface area contributed by atoms with Crippen molar-refractivity contribution in [2.75, 3.05) is 0 Å². The van der Waals surface area contributed by atoms with Gasteiger partial charge in [0.2, 0.25) is 11.7 Å². The van der Waals surface area contributed by atoms with Gasteiger partial charge in [-0.15, -0.1) is 0 Å². The maximum Gasteiger partial charge on any atom is 0.342 e. The molecule has 2 aromatic heterocycles. The van der Waals surface area contributed by atoms with E-state index in [1.165, 1.54) is 0 Å². The lowest BCUT2D eigenvalue weighted by Crippen LogP contribution is -2.05. The van der Waals surface area contributed by atoms with E-state index in [0.29, 0.717) is 45.8 Å². The zero-order valence-electron chi connectivity index (χ0n) is 12.8. The fourth-order valence-electron chi connectivity index (χ4n) is 2.69. The molecule has 3 aromatic rings. The van der Waals surface area contributed by atoms with Crippen LogP contribution in [0.2, 0.25) is 5.02 Å². The molecular weight excluding hydrogens is 332 g/mol. The van der Waals surface area contributed by atoms with Crippen molar-refractivity contribution in [2.24, 2.45) is 0 Å². The fourth-order valence-corrected chi connectivity index (χ4v) is 2.94. The minimum atomic E-state index is -0.468. The Morgan fingerprint density at radius 1 is 1.38 bits per heavy atom. The molecule has 1 aliphatic rings. The highest BCUT2D eigenvalue weighted by molar-refractivity contribution is 6.34. The van der Waals surface area contributed by atoms with Gasteiger partial charge in [-0.25, -0.2) is 9.78 Å². The molecule has 1 aliphatic heterocycles. The van der Waals surface area contributed by atoms with Crippen LogP contribution in [-0.4, -0.2) is 25.7 Å². The van der Waals surface area contributed by atoms with Crippen LogP contribution >= 0.6 is 11.6 Å². The summed E-state index contributed by atoms with van der Waals surface area (Å²) < 4.78 is 12.3. The van der Waals surface area contributed by atoms with E-state index in [0.717, 1.165) is 6.42 Å². The third-order valence-electron chi connectivity index (χ3n) is 3.81. The topological polar surface area (TPSA) is 83.0 Å². The number of carbonyl (C=O) groups is 1. The van der Waals surface area contributed by atoms with Gasteiger partial charge in [0.05, 0.1) is 16.4 Å². The summed E-state index contributed by atoms with van der Waals surface area (Å²) in [7, 11) is 0. The molecule has 0 bridgehead atoms. The van der Waals surface area contributed by atoms with E-state index in [-0.39, 0.29) is 6.61 Å². The summed E-state index contributed by atoms with van der Waals surface area (Å²) in [5, 5.41) is 4.32. The highest BCUT2D eigenvalue weighted by Crippen LogP contribution is 2.31. The van der Waals surface area contributed by atoms with Crippen LogP contribution in [0.15, 0.2) is 29.0 Å². The number of imidazole rings is 1. The summed E-state index contributed by atoms with van der Waals surface area (Å²) >= 11 is 6.16. The summed E-state index contributed by atoms with van der Waals surface area (Å²) in [5.74, 6) is 0.474. The monoisotopic (exact) mass is 344 g/mol. The number of cyclic esters (lactones) is 1. The first-order valence-electron chi connectivity index (χ1n) is 7.54. The van der Waals surface area contributed by atoms with Gasteiger partial charge in [-0.2, -0.15) is 4.98 Å². The molecule has 0 saturated carbocycles. The quantitative estimate of drug-likeness (QED) is 0.678. The van der Waals surface area contributed by atoms with Gasteiger partial charge in [-0.3, -0.25) is 4.57 Å². The Morgan fingerprint density at radius 3 is 3.08 bits per heavy atom. The number of hydrogen-bond donors (Lipinski definition) is 0. The van der Waals surface area contributed by atoms with Crippen molar-refractivity contribution in [3.05, 3.63) is 46.7 Å². The fraction of sp³-hybridized carbons (Fsp3) is 0.250. The molecule has 24 heavy (non-hydrogen) atoms. The van der Waals surface area contributed by atoms with Gasteiger partial charge in [0.25, 0.3) is 0 Å². The molecule has 0 aliphatic carbocycles. The second-order valence-electron chi connectivity index (χ2n) is 5.38. The molecule has 122 valence electrons. The zero-order chi connectivity index (χ0) is 16.7. The van der Waals surface area contributed by atoms with Crippen LogP contribution in [0.25, 0.3) is 17.2 Å². The summed E-state index contributed by atoms with van der Waals surface area (Å²) in [6, 6.07) is 5.22. The Labute approximate surface area is 142 Å². The zero-order valence-corrected chi connectivity index (χ0v) is 13.6. The van der Waals surface area contributed by atoms with E-state index >= 15 is 0 Å². The molecule has 4 rings (SSSR count). The predicted molar refractivity (Wildman–Crippen MR) is 85.0 cm³/mol. The van der Waals surface area contributed by atoms with Gasteiger partial charge >= 0.3 is 5.97 Å². The van der Waals surface area contributed by atoms with Gasteiger partial charge in [0.1, 0.15) is 24.2 Å². The Kier molecular flexibility index (Phi) is 3.57. The largest absolute Gasteiger partial charge is 0.455 e. The Bertz CT molecular complexity index is 931. The van der Waals surface area contributed by atoms with E-state index in [2.05, 4.69) is 15.1 Å². The highest BCUT2D eigenvalue weighted by Gasteiger charge is 2.27. The van der Waals surface area contributed by atoms with Crippen molar-refractivity contribution in [1.82, 2.24) is 19.7 Å². The van der Waals surface area contributed by atoms with Crippen molar-refractivity contribution in [1.29, 1.82) is 0 Å². The number of aromatic nitrogens is 4. The molecule has 0 N–H and O–H groups in total. The number of benzene rings is 1. The molecule has 0 fully saturated rings. The van der Waals surface area contributed by atoms with Crippen LogP contribution in [0.1, 0.15) is 35.3 Å². The molecule has 0 unspecified atom stereocenters. The maximum absolute atomic E-state index is 12.2. The second kappa shape index (κ2) is 5.76. The van der Waals surface area contributed by atoms with E-state index in [9.17, 15) is 4.79 Å². The highest BCUT2D eigenvalue weighted by atomic mass is 35.5. The molecule has 7 nitrogen and oxygen atoms in total. The molecule has 0 spiro atoms. The summed E-state index contributed by atoms with van der Waals surface area (Å²) in [4.78, 5) is 21.0. The lowest BCUT2D eigenvalue weighted by molar-refractivity contribution is 0.0476. The van der Waals surface area contributed by atoms with Gasteiger partial charge in [0.15, 0.2) is 0 Å². The number of halogens is 1. The molecule has 3 heterocycles. The van der Waals surface area contributed by atoms with Crippen molar-refractivity contribution in [3.63, 3.8) is 0 Å². The second-order valence-corrected chi connectivity index (χ2v) is 5.79. The number of ether oxygens (including phenoxy) is 1.